The van der Waals surface area contributed by atoms with Crippen LogP contribution in [0.3, 0.4) is 0 Å². The molecule has 0 nitrogen and oxygen atoms in total. The van der Waals surface area contributed by atoms with Crippen molar-refractivity contribution in [1.82, 2.24) is 0 Å². The van der Waals surface area contributed by atoms with Gasteiger partial charge in [0.1, 0.15) is 0 Å². The van der Waals surface area contributed by atoms with E-state index in [1.807, 2.05) is 9.75 Å². The van der Waals surface area contributed by atoms with Crippen molar-refractivity contribution >= 4 is 22.7 Å². The zero-order chi connectivity index (χ0) is 49.0. The van der Waals surface area contributed by atoms with Crippen LogP contribution >= 0.6 is 22.7 Å². The maximum absolute atomic E-state index is 2.72. The molecule has 0 aliphatic heterocycles. The molecule has 2 heterocycles. The molecule has 74 heavy (non-hydrogen) atoms. The predicted octanol–water partition coefficient (Wildman–Crippen LogP) is 22.5. The maximum atomic E-state index is 2.72. The van der Waals surface area contributed by atoms with Crippen molar-refractivity contribution < 1.29 is 0 Å². The Hall–Kier alpha value is -0.600. The van der Waals surface area contributed by atoms with Crippen LogP contribution < -0.4 is 0 Å². The fraction of sp³-hybridized carbons (Fsp3) is 0.889. The van der Waals surface area contributed by atoms with E-state index >= 15 is 0 Å². The Morgan fingerprint density at radius 3 is 0.797 bits per heavy atom. The molecule has 12 fully saturated rings. The Kier molecular flexibility index (Phi) is 16.3. The number of hydrogen-bond acceptors (Lipinski definition) is 2. The molecule has 410 valence electrons. The van der Waals surface area contributed by atoms with E-state index in [0.29, 0.717) is 0 Å². The monoisotopic (exact) mass is 1040 g/mol. The van der Waals surface area contributed by atoms with Gasteiger partial charge in [-0.3, -0.25) is 0 Å². The van der Waals surface area contributed by atoms with E-state index in [1.54, 1.807) is 183 Å². The lowest BCUT2D eigenvalue weighted by molar-refractivity contribution is -0.176. The van der Waals surface area contributed by atoms with Gasteiger partial charge in [0.25, 0.3) is 0 Å². The Bertz CT molecular complexity index is 1930. The highest BCUT2D eigenvalue weighted by Crippen LogP contribution is 2.69. The van der Waals surface area contributed by atoms with Crippen molar-refractivity contribution in [2.24, 2.45) is 107 Å². The average molecular weight is 1040 g/mol. The highest BCUT2D eigenvalue weighted by molar-refractivity contribution is 7.12. The highest BCUT2D eigenvalue weighted by atomic mass is 32.1. The Balaban J connectivity index is 0.788. The van der Waals surface area contributed by atoms with Crippen LogP contribution in [0.1, 0.15) is 313 Å². The summed E-state index contributed by atoms with van der Waals surface area (Å²) in [6.45, 7) is 0. The van der Waals surface area contributed by atoms with Crippen LogP contribution in [0.2, 0.25) is 0 Å². The maximum Gasteiger partial charge on any atom is 0.00795 e. The average Bonchev–Trinajstić information content (AvgIpc) is 4.19. The molecule has 12 saturated carbocycles. The Morgan fingerprint density at radius 2 is 0.459 bits per heavy atom. The molecule has 2 aromatic heterocycles. The number of fused-ring (bicyclic) bond motifs is 4. The third-order valence-corrected chi connectivity index (χ3v) is 30.1. The van der Waals surface area contributed by atoms with Crippen molar-refractivity contribution in [3.63, 3.8) is 0 Å². The van der Waals surface area contributed by atoms with Gasteiger partial charge in [-0.2, -0.15) is 0 Å². The molecule has 2 aromatic rings. The standard InChI is InChI=1S/C72H110S2/c1-5-21-47(22-6-1)51-41-52(48-23-7-2-8-24-48)43-55(42-51)69-57-29-13-17-33-61(57)71(62-34-18-14-30-58(62)69)72-63-35-19-15-31-59(63)70(60-32-16-20-36-64(60)72)56-45-53(67-39-37-65(73-67)49-25-9-3-10-26-49)44-54(46-56)68-40-38-66(74-68)50-27-11-4-12-28-50/h37-40,47-64,69-72H,1-36,41-46H2. The molecule has 12 atom stereocenters. The highest BCUT2D eigenvalue weighted by Gasteiger charge is 2.62. The zero-order valence-corrected chi connectivity index (χ0v) is 49.2. The van der Waals surface area contributed by atoms with Gasteiger partial charge in [0, 0.05) is 19.5 Å². The minimum absolute atomic E-state index is 0.791. The van der Waals surface area contributed by atoms with Crippen molar-refractivity contribution in [2.45, 2.75) is 293 Å². The van der Waals surface area contributed by atoms with Crippen LogP contribution in [-0.4, -0.2) is 0 Å². The molecule has 0 amide bonds. The Morgan fingerprint density at radius 1 is 0.203 bits per heavy atom. The van der Waals surface area contributed by atoms with Gasteiger partial charge in [-0.05, 0) is 270 Å². The van der Waals surface area contributed by atoms with Gasteiger partial charge >= 0.3 is 0 Å². The second kappa shape index (κ2) is 23.5. The fourth-order valence-corrected chi connectivity index (χ4v) is 27.3. The van der Waals surface area contributed by atoms with Gasteiger partial charge < -0.3 is 0 Å². The summed E-state index contributed by atoms with van der Waals surface area (Å²) in [6.07, 6.45) is 65.5. The molecule has 0 aromatic carbocycles. The van der Waals surface area contributed by atoms with Crippen LogP contribution in [0.5, 0.6) is 0 Å². The summed E-state index contributed by atoms with van der Waals surface area (Å²) in [6, 6.07) is 10.8. The summed E-state index contributed by atoms with van der Waals surface area (Å²) in [4.78, 5) is 7.22. The minimum Gasteiger partial charge on any atom is -0.145 e. The van der Waals surface area contributed by atoms with Gasteiger partial charge in [-0.15, -0.1) is 22.7 Å². The smallest absolute Gasteiger partial charge is 0.00795 e. The predicted molar refractivity (Wildman–Crippen MR) is 316 cm³/mol. The third kappa shape index (κ3) is 10.3. The topological polar surface area (TPSA) is 0 Å². The van der Waals surface area contributed by atoms with Crippen molar-refractivity contribution in [2.75, 3.05) is 0 Å². The molecule has 14 rings (SSSR count). The molecular weight excluding hydrogens is 929 g/mol. The van der Waals surface area contributed by atoms with Crippen molar-refractivity contribution in [3.05, 3.63) is 43.8 Å². The van der Waals surface area contributed by atoms with Crippen LogP contribution in [0.25, 0.3) is 0 Å². The van der Waals surface area contributed by atoms with E-state index in [-0.39, 0.29) is 0 Å². The first-order chi connectivity index (χ1) is 36.7. The summed E-state index contributed by atoms with van der Waals surface area (Å²) in [5, 5.41) is 0. The van der Waals surface area contributed by atoms with E-state index in [0.717, 1.165) is 130 Å². The van der Waals surface area contributed by atoms with E-state index < -0.39 is 0 Å². The van der Waals surface area contributed by atoms with E-state index in [9.17, 15) is 0 Å². The van der Waals surface area contributed by atoms with Gasteiger partial charge in [0.15, 0.2) is 0 Å². The van der Waals surface area contributed by atoms with Crippen LogP contribution in [0.4, 0.5) is 0 Å². The fourth-order valence-electron chi connectivity index (χ4n) is 24.7. The number of thiophene rings is 2. The summed E-state index contributed by atoms with van der Waals surface area (Å²) < 4.78 is 0. The van der Waals surface area contributed by atoms with Crippen LogP contribution in [0, 0.1) is 107 Å². The lowest BCUT2D eigenvalue weighted by Gasteiger charge is -2.66. The quantitative estimate of drug-likeness (QED) is 0.235. The molecule has 0 N–H and O–H groups in total. The first-order valence-corrected chi connectivity index (χ1v) is 36.5. The molecule has 0 spiro atoms. The largest absolute Gasteiger partial charge is 0.145 e. The summed E-state index contributed by atoms with van der Waals surface area (Å²) in [5.41, 5.74) is 0. The van der Waals surface area contributed by atoms with Crippen molar-refractivity contribution in [3.8, 4) is 0 Å². The third-order valence-electron chi connectivity index (χ3n) is 27.3. The van der Waals surface area contributed by atoms with E-state index in [4.69, 9.17) is 0 Å². The zero-order valence-electron chi connectivity index (χ0n) is 47.5. The normalized spacial score (nSPS) is 44.4. The lowest BCUT2D eigenvalue weighted by atomic mass is 9.39. The summed E-state index contributed by atoms with van der Waals surface area (Å²) >= 11 is 4.67. The first kappa shape index (κ1) is 51.5. The van der Waals surface area contributed by atoms with E-state index in [1.165, 1.54) is 96.3 Å². The molecule has 12 aliphatic rings. The van der Waals surface area contributed by atoms with Gasteiger partial charge in [-0.1, -0.05) is 154 Å². The Labute approximate surface area is 463 Å². The van der Waals surface area contributed by atoms with Gasteiger partial charge in [-0.25, -0.2) is 0 Å². The van der Waals surface area contributed by atoms with E-state index in [2.05, 4.69) is 46.9 Å². The molecule has 0 saturated heterocycles. The molecule has 12 unspecified atom stereocenters. The number of hydrogen-bond donors (Lipinski definition) is 0. The molecule has 0 radical (unpaired) electrons. The van der Waals surface area contributed by atoms with Crippen molar-refractivity contribution in [1.29, 1.82) is 0 Å². The molecular formula is C72H110S2. The van der Waals surface area contributed by atoms with Crippen LogP contribution in [-0.2, 0) is 0 Å². The molecule has 2 heteroatoms. The van der Waals surface area contributed by atoms with Crippen LogP contribution in [0.15, 0.2) is 24.3 Å². The SMILES string of the molecule is c1cc(C2CC(c3ccc(C4CCCCC4)s3)CC(C3C4CCCCC4C(C4C5CCCCC5C(C5CC(C6CCCCC6)CC(C6CCCCC6)C5)C5CCCCC54)C4CCCCC43)C2)sc1C1CCCCC1. The summed E-state index contributed by atoms with van der Waals surface area (Å²) in [7, 11) is 0. The van der Waals surface area contributed by atoms with Gasteiger partial charge in [0.2, 0.25) is 0 Å². The molecule has 12 aliphatic carbocycles. The van der Waals surface area contributed by atoms with Gasteiger partial charge in [0.05, 0.1) is 0 Å². The molecule has 0 bridgehead atoms. The lowest BCUT2D eigenvalue weighted by Crippen LogP contribution is -2.60. The second-order valence-corrected chi connectivity index (χ2v) is 32.8. The number of rotatable bonds is 9. The second-order valence-electron chi connectivity index (χ2n) is 30.6. The summed E-state index contributed by atoms with van der Waals surface area (Å²) in [5.74, 6) is 22.5. The minimum atomic E-state index is 0.791. The first-order valence-electron chi connectivity index (χ1n) is 34.9.